The Kier molecular flexibility index (Phi) is 6.00. The van der Waals surface area contributed by atoms with Crippen molar-refractivity contribution < 1.29 is 14.6 Å². The summed E-state index contributed by atoms with van der Waals surface area (Å²) in [6, 6.07) is 12.8. The van der Waals surface area contributed by atoms with Gasteiger partial charge >= 0.3 is 6.09 Å². The van der Waals surface area contributed by atoms with Gasteiger partial charge in [0.15, 0.2) is 0 Å². The first-order chi connectivity index (χ1) is 11.1. The second-order valence-corrected chi connectivity index (χ2v) is 5.16. The van der Waals surface area contributed by atoms with Crippen LogP contribution in [0.3, 0.4) is 0 Å². The number of hydrazone groups is 1. The predicted molar refractivity (Wildman–Crippen MR) is 90.1 cm³/mol. The maximum Gasteiger partial charge on any atom is 0.427 e. The van der Waals surface area contributed by atoms with Gasteiger partial charge in [-0.15, -0.1) is 0 Å². The zero-order chi connectivity index (χ0) is 16.7. The maximum atomic E-state index is 11.1. The number of ether oxygens (including phenoxy) is 1. The molecule has 0 aliphatic rings. The van der Waals surface area contributed by atoms with E-state index in [0.29, 0.717) is 17.0 Å². The number of carbonyl (C=O) groups is 1. The van der Waals surface area contributed by atoms with Crippen LogP contribution in [0.25, 0.3) is 0 Å². The molecule has 0 aliphatic heterocycles. The molecular weight excluding hydrogens is 316 g/mol. The third kappa shape index (κ3) is 5.00. The van der Waals surface area contributed by atoms with Crippen molar-refractivity contribution in [1.82, 2.24) is 5.43 Å². The molecule has 2 rings (SSSR count). The van der Waals surface area contributed by atoms with Crippen LogP contribution in [0.4, 0.5) is 4.79 Å². The number of benzene rings is 2. The third-order valence-corrected chi connectivity index (χ3v) is 3.45. The lowest BCUT2D eigenvalue weighted by molar-refractivity contribution is 0.152. The molecule has 1 amide bonds. The van der Waals surface area contributed by atoms with E-state index in [1.165, 1.54) is 6.21 Å². The fraction of sp³-hybridized carbons (Fsp3) is 0.176. The highest BCUT2D eigenvalue weighted by Gasteiger charge is 2.05. The number of hydrogen-bond acceptors (Lipinski definition) is 4. The zero-order valence-corrected chi connectivity index (χ0v) is 13.4. The largest absolute Gasteiger partial charge is 0.507 e. The Labute approximate surface area is 139 Å². The number of phenolic OH excluding ortho intramolecular Hbond substituents is 1. The summed E-state index contributed by atoms with van der Waals surface area (Å²) in [4.78, 5) is 11.1. The molecule has 5 nitrogen and oxygen atoms in total. The van der Waals surface area contributed by atoms with Gasteiger partial charge in [0, 0.05) is 10.6 Å². The molecule has 0 saturated carbocycles. The van der Waals surface area contributed by atoms with Gasteiger partial charge in [0.25, 0.3) is 0 Å². The SMILES string of the molecule is CCOC(=O)N/N=C/c1cc(Cc2ccccc2Cl)ccc1O. The van der Waals surface area contributed by atoms with Gasteiger partial charge < -0.3 is 9.84 Å². The fourth-order valence-corrected chi connectivity index (χ4v) is 2.20. The first kappa shape index (κ1) is 16.8. The highest BCUT2D eigenvalue weighted by atomic mass is 35.5. The fourth-order valence-electron chi connectivity index (χ4n) is 2.00. The minimum absolute atomic E-state index is 0.0716. The van der Waals surface area contributed by atoms with Crippen LogP contribution in [-0.4, -0.2) is 24.0 Å². The standard InChI is InChI=1S/C17H17ClN2O3/c1-2-23-17(22)20-19-11-14-10-12(7-8-16(14)21)9-13-5-3-4-6-15(13)18/h3-8,10-11,21H,2,9H2,1H3,(H,20,22)/b19-11+. The van der Waals surface area contributed by atoms with Gasteiger partial charge in [0.1, 0.15) is 5.75 Å². The van der Waals surface area contributed by atoms with E-state index < -0.39 is 6.09 Å². The van der Waals surface area contributed by atoms with E-state index in [4.69, 9.17) is 11.6 Å². The van der Waals surface area contributed by atoms with E-state index in [0.717, 1.165) is 11.1 Å². The average molecular weight is 333 g/mol. The van der Waals surface area contributed by atoms with Gasteiger partial charge in [-0.25, -0.2) is 10.2 Å². The van der Waals surface area contributed by atoms with Gasteiger partial charge in [0.2, 0.25) is 0 Å². The third-order valence-electron chi connectivity index (χ3n) is 3.08. The second kappa shape index (κ2) is 8.19. The number of aromatic hydroxyl groups is 1. The monoisotopic (exact) mass is 332 g/mol. The number of amides is 1. The molecule has 120 valence electrons. The van der Waals surface area contributed by atoms with Crippen LogP contribution in [0.5, 0.6) is 5.75 Å². The number of phenols is 1. The van der Waals surface area contributed by atoms with Crippen molar-refractivity contribution in [1.29, 1.82) is 0 Å². The van der Waals surface area contributed by atoms with Crippen LogP contribution in [0, 0.1) is 0 Å². The molecule has 0 bridgehead atoms. The van der Waals surface area contributed by atoms with Crippen LogP contribution in [0.1, 0.15) is 23.6 Å². The number of rotatable bonds is 5. The van der Waals surface area contributed by atoms with Gasteiger partial charge in [-0.3, -0.25) is 0 Å². The zero-order valence-electron chi connectivity index (χ0n) is 12.6. The van der Waals surface area contributed by atoms with E-state index in [2.05, 4.69) is 15.3 Å². The van der Waals surface area contributed by atoms with Crippen molar-refractivity contribution in [2.75, 3.05) is 6.61 Å². The smallest absolute Gasteiger partial charge is 0.427 e. The summed E-state index contributed by atoms with van der Waals surface area (Å²) in [5.74, 6) is 0.0716. The number of nitrogens with one attached hydrogen (secondary N) is 1. The number of hydrogen-bond donors (Lipinski definition) is 2. The Morgan fingerprint density at radius 1 is 1.35 bits per heavy atom. The van der Waals surface area contributed by atoms with Crippen molar-refractivity contribution in [2.45, 2.75) is 13.3 Å². The molecule has 2 N–H and O–H groups in total. The van der Waals surface area contributed by atoms with E-state index in [9.17, 15) is 9.90 Å². The lowest BCUT2D eigenvalue weighted by Crippen LogP contribution is -2.18. The van der Waals surface area contributed by atoms with Crippen LogP contribution < -0.4 is 5.43 Å². The highest BCUT2D eigenvalue weighted by Crippen LogP contribution is 2.22. The minimum Gasteiger partial charge on any atom is -0.507 e. The Hall–Kier alpha value is -2.53. The molecule has 0 radical (unpaired) electrons. The summed E-state index contributed by atoms with van der Waals surface area (Å²) in [5.41, 5.74) is 4.66. The molecule has 0 aromatic heterocycles. The van der Waals surface area contributed by atoms with Crippen molar-refractivity contribution in [2.24, 2.45) is 5.10 Å². The summed E-state index contributed by atoms with van der Waals surface area (Å²) >= 11 is 6.16. The summed E-state index contributed by atoms with van der Waals surface area (Å²) in [6.45, 7) is 1.97. The Morgan fingerprint density at radius 2 is 2.13 bits per heavy atom. The van der Waals surface area contributed by atoms with Gasteiger partial charge in [-0.2, -0.15) is 5.10 Å². The molecule has 2 aromatic rings. The lowest BCUT2D eigenvalue weighted by Gasteiger charge is -2.06. The maximum absolute atomic E-state index is 11.1. The van der Waals surface area contributed by atoms with Crippen molar-refractivity contribution >= 4 is 23.9 Å². The van der Waals surface area contributed by atoms with E-state index >= 15 is 0 Å². The van der Waals surface area contributed by atoms with Gasteiger partial charge in [-0.05, 0) is 42.7 Å². The normalized spacial score (nSPS) is 10.7. The summed E-state index contributed by atoms with van der Waals surface area (Å²) < 4.78 is 4.69. The predicted octanol–water partition coefficient (Wildman–Crippen LogP) is 3.72. The van der Waals surface area contributed by atoms with Gasteiger partial charge in [-0.1, -0.05) is 35.9 Å². The summed E-state index contributed by atoms with van der Waals surface area (Å²) in [6.07, 6.45) is 1.35. The summed E-state index contributed by atoms with van der Waals surface area (Å²) in [7, 11) is 0. The molecule has 0 heterocycles. The van der Waals surface area contributed by atoms with Crippen molar-refractivity contribution in [3.63, 3.8) is 0 Å². The Balaban J connectivity index is 2.11. The lowest BCUT2D eigenvalue weighted by atomic mass is 10.0. The van der Waals surface area contributed by atoms with Gasteiger partial charge in [0.05, 0.1) is 12.8 Å². The Morgan fingerprint density at radius 3 is 2.87 bits per heavy atom. The van der Waals surface area contributed by atoms with Crippen LogP contribution in [-0.2, 0) is 11.2 Å². The number of halogens is 1. The molecule has 0 atom stereocenters. The van der Waals surface area contributed by atoms with E-state index in [-0.39, 0.29) is 12.4 Å². The molecule has 0 aliphatic carbocycles. The quantitative estimate of drug-likeness (QED) is 0.647. The molecule has 0 saturated heterocycles. The molecule has 0 fully saturated rings. The Bertz CT molecular complexity index is 717. The molecule has 23 heavy (non-hydrogen) atoms. The molecular formula is C17H17ClN2O3. The molecule has 2 aromatic carbocycles. The first-order valence-electron chi connectivity index (χ1n) is 7.11. The number of carbonyl (C=O) groups excluding carboxylic acids is 1. The average Bonchev–Trinajstić information content (AvgIpc) is 2.53. The summed E-state index contributed by atoms with van der Waals surface area (Å²) in [5, 5.41) is 14.3. The minimum atomic E-state index is -0.643. The molecule has 6 heteroatoms. The second-order valence-electron chi connectivity index (χ2n) is 4.75. The van der Waals surface area contributed by atoms with Crippen molar-refractivity contribution in [3.05, 3.63) is 64.2 Å². The highest BCUT2D eigenvalue weighted by molar-refractivity contribution is 6.31. The van der Waals surface area contributed by atoms with E-state index in [1.807, 2.05) is 30.3 Å². The van der Waals surface area contributed by atoms with Crippen LogP contribution in [0.15, 0.2) is 47.6 Å². The van der Waals surface area contributed by atoms with E-state index in [1.54, 1.807) is 19.1 Å². The molecule has 0 unspecified atom stereocenters. The number of nitrogens with zero attached hydrogens (tertiary/aromatic N) is 1. The molecule has 0 spiro atoms. The van der Waals surface area contributed by atoms with Crippen LogP contribution in [0.2, 0.25) is 5.02 Å². The van der Waals surface area contributed by atoms with Crippen LogP contribution >= 0.6 is 11.6 Å². The first-order valence-corrected chi connectivity index (χ1v) is 7.49. The topological polar surface area (TPSA) is 70.9 Å². The van der Waals surface area contributed by atoms with Crippen molar-refractivity contribution in [3.8, 4) is 5.75 Å².